The van der Waals surface area contributed by atoms with E-state index in [0.717, 1.165) is 28.1 Å². The Labute approximate surface area is 134 Å². The van der Waals surface area contributed by atoms with Crippen LogP contribution >= 0.6 is 11.6 Å². The highest BCUT2D eigenvalue weighted by molar-refractivity contribution is 6.31. The molecule has 2 aliphatic rings. The first kappa shape index (κ1) is 15.0. The number of alkyl halides is 1. The number of benzene rings is 1. The van der Waals surface area contributed by atoms with E-state index < -0.39 is 6.10 Å². The van der Waals surface area contributed by atoms with Crippen molar-refractivity contribution in [3.8, 4) is 0 Å². The maximum atomic E-state index is 10.3. The second-order valence-corrected chi connectivity index (χ2v) is 5.78. The summed E-state index contributed by atoms with van der Waals surface area (Å²) in [4.78, 5) is 8.76. The Hall–Kier alpha value is -1.91. The van der Waals surface area contributed by atoms with Gasteiger partial charge in [-0.25, -0.2) is 0 Å². The molecule has 2 atom stereocenters. The Morgan fingerprint density at radius 3 is 3.09 bits per heavy atom. The standard InChI is InChI=1S/C17H18ClN3O/c1-10-3-2-4-12-13-7-11(5-6-14(13)21-17(10)12)15(22)9-20-16(19)8-18/h2-7,10,15,22H,8-9H2,1H3,(H2,19,20). The van der Waals surface area contributed by atoms with E-state index in [-0.39, 0.29) is 12.4 Å². The number of hydrogen-bond donors (Lipinski definition) is 2. The summed E-state index contributed by atoms with van der Waals surface area (Å²) in [6.45, 7) is 2.34. The number of nitrogens with zero attached hydrogens (tertiary/aromatic N) is 2. The number of amidine groups is 1. The first-order valence-corrected chi connectivity index (χ1v) is 7.78. The average Bonchev–Trinajstić information content (AvgIpc) is 2.91. The molecule has 114 valence electrons. The van der Waals surface area contributed by atoms with Gasteiger partial charge in [0.15, 0.2) is 0 Å². The average molecular weight is 316 g/mol. The Morgan fingerprint density at radius 2 is 2.32 bits per heavy atom. The third kappa shape index (κ3) is 2.72. The Kier molecular flexibility index (Phi) is 4.14. The lowest BCUT2D eigenvalue weighted by molar-refractivity contribution is 0.187. The van der Waals surface area contributed by atoms with E-state index in [0.29, 0.717) is 11.8 Å². The SMILES string of the molecule is CC1C=CC=C2C1=Nc1ccc(C(O)CN=C(N)CCl)cc12. The molecule has 0 amide bonds. The molecule has 1 heterocycles. The molecular weight excluding hydrogens is 298 g/mol. The number of rotatable bonds is 4. The normalized spacial score (nSPS) is 21.0. The predicted octanol–water partition coefficient (Wildman–Crippen LogP) is 2.99. The highest BCUT2D eigenvalue weighted by atomic mass is 35.5. The topological polar surface area (TPSA) is 71.0 Å². The molecule has 1 aliphatic carbocycles. The summed E-state index contributed by atoms with van der Waals surface area (Å²) in [5.41, 5.74) is 10.6. The molecule has 2 unspecified atom stereocenters. The molecular formula is C17H18ClN3O. The van der Waals surface area contributed by atoms with Gasteiger partial charge in [-0.2, -0.15) is 0 Å². The second-order valence-electron chi connectivity index (χ2n) is 5.51. The third-order valence-electron chi connectivity index (χ3n) is 3.91. The summed E-state index contributed by atoms with van der Waals surface area (Å²) in [6, 6.07) is 5.82. The highest BCUT2D eigenvalue weighted by Gasteiger charge is 2.26. The van der Waals surface area contributed by atoms with E-state index >= 15 is 0 Å². The van der Waals surface area contributed by atoms with Crippen LogP contribution in [-0.4, -0.2) is 29.1 Å². The van der Waals surface area contributed by atoms with E-state index in [1.54, 1.807) is 0 Å². The van der Waals surface area contributed by atoms with Crippen LogP contribution < -0.4 is 5.73 Å². The van der Waals surface area contributed by atoms with Crippen molar-refractivity contribution < 1.29 is 5.11 Å². The molecule has 0 spiro atoms. The Balaban J connectivity index is 1.87. The van der Waals surface area contributed by atoms with Crippen LogP contribution in [0.2, 0.25) is 0 Å². The van der Waals surface area contributed by atoms with Crippen LogP contribution in [0.5, 0.6) is 0 Å². The largest absolute Gasteiger partial charge is 0.386 e. The Morgan fingerprint density at radius 1 is 1.50 bits per heavy atom. The summed E-state index contributed by atoms with van der Waals surface area (Å²) < 4.78 is 0. The quantitative estimate of drug-likeness (QED) is 0.509. The molecule has 0 saturated heterocycles. The minimum Gasteiger partial charge on any atom is -0.386 e. The highest BCUT2D eigenvalue weighted by Crippen LogP contribution is 2.40. The molecule has 22 heavy (non-hydrogen) atoms. The summed E-state index contributed by atoms with van der Waals surface area (Å²) in [6.07, 6.45) is 5.56. The lowest BCUT2D eigenvalue weighted by Gasteiger charge is -2.14. The molecule has 4 nitrogen and oxygen atoms in total. The number of aliphatic imine (C=N–C) groups is 2. The molecule has 0 bridgehead atoms. The molecule has 1 aliphatic heterocycles. The van der Waals surface area contributed by atoms with Crippen molar-refractivity contribution in [2.75, 3.05) is 12.4 Å². The number of nitrogens with two attached hydrogens (primary N) is 1. The molecule has 3 N–H and O–H groups in total. The van der Waals surface area contributed by atoms with Gasteiger partial charge in [-0.15, -0.1) is 11.6 Å². The minimum absolute atomic E-state index is 0.172. The molecule has 1 aromatic carbocycles. The van der Waals surface area contributed by atoms with Gasteiger partial charge in [0.25, 0.3) is 0 Å². The zero-order valence-electron chi connectivity index (χ0n) is 12.3. The number of halogens is 1. The van der Waals surface area contributed by atoms with Crippen LogP contribution in [0.3, 0.4) is 0 Å². The van der Waals surface area contributed by atoms with E-state index in [4.69, 9.17) is 22.3 Å². The maximum Gasteiger partial charge on any atom is 0.109 e. The Bertz CT molecular complexity index is 719. The van der Waals surface area contributed by atoms with Crippen molar-refractivity contribution in [1.29, 1.82) is 0 Å². The van der Waals surface area contributed by atoms with Gasteiger partial charge in [0, 0.05) is 17.1 Å². The van der Waals surface area contributed by atoms with Crippen molar-refractivity contribution in [3.63, 3.8) is 0 Å². The first-order chi connectivity index (χ1) is 10.6. The second kappa shape index (κ2) is 6.07. The van der Waals surface area contributed by atoms with Gasteiger partial charge >= 0.3 is 0 Å². The number of aliphatic hydroxyl groups is 1. The lowest BCUT2D eigenvalue weighted by atomic mass is 9.90. The predicted molar refractivity (Wildman–Crippen MR) is 92.0 cm³/mol. The zero-order chi connectivity index (χ0) is 15.7. The summed E-state index contributed by atoms with van der Waals surface area (Å²) in [5, 5.41) is 10.3. The molecule has 0 saturated carbocycles. The van der Waals surface area contributed by atoms with Gasteiger partial charge in [-0.1, -0.05) is 31.2 Å². The molecule has 5 heteroatoms. The van der Waals surface area contributed by atoms with Crippen LogP contribution in [0.1, 0.15) is 24.2 Å². The molecule has 0 fully saturated rings. The van der Waals surface area contributed by atoms with Crippen LogP contribution in [0.15, 0.2) is 46.4 Å². The van der Waals surface area contributed by atoms with Crippen molar-refractivity contribution in [3.05, 3.63) is 47.6 Å². The number of fused-ring (bicyclic) bond motifs is 3. The van der Waals surface area contributed by atoms with Crippen molar-refractivity contribution in [1.82, 2.24) is 0 Å². The number of aliphatic hydroxyl groups excluding tert-OH is 1. The van der Waals surface area contributed by atoms with Gasteiger partial charge in [-0.05, 0) is 17.7 Å². The molecule has 3 rings (SSSR count). The summed E-state index contributed by atoms with van der Waals surface area (Å²) >= 11 is 5.58. The van der Waals surface area contributed by atoms with Gasteiger partial charge in [-0.3, -0.25) is 9.98 Å². The van der Waals surface area contributed by atoms with Crippen LogP contribution in [-0.2, 0) is 0 Å². The maximum absolute atomic E-state index is 10.3. The number of allylic oxidation sites excluding steroid dienone is 4. The summed E-state index contributed by atoms with van der Waals surface area (Å²) in [5.74, 6) is 0.820. The fourth-order valence-electron chi connectivity index (χ4n) is 2.69. The smallest absolute Gasteiger partial charge is 0.109 e. The first-order valence-electron chi connectivity index (χ1n) is 7.24. The van der Waals surface area contributed by atoms with Crippen LogP contribution in [0, 0.1) is 5.92 Å². The van der Waals surface area contributed by atoms with E-state index in [9.17, 15) is 5.11 Å². The van der Waals surface area contributed by atoms with Gasteiger partial charge in [0.2, 0.25) is 0 Å². The zero-order valence-corrected chi connectivity index (χ0v) is 13.1. The monoisotopic (exact) mass is 315 g/mol. The number of hydrogen-bond acceptors (Lipinski definition) is 3. The molecule has 1 aromatic rings. The fraction of sp³-hybridized carbons (Fsp3) is 0.294. The molecule has 0 aromatic heterocycles. The summed E-state index contributed by atoms with van der Waals surface area (Å²) in [7, 11) is 0. The van der Waals surface area contributed by atoms with E-state index in [1.807, 2.05) is 18.2 Å². The minimum atomic E-state index is -0.701. The van der Waals surface area contributed by atoms with Crippen LogP contribution in [0.25, 0.3) is 5.57 Å². The van der Waals surface area contributed by atoms with Gasteiger partial charge in [0.05, 0.1) is 29.9 Å². The van der Waals surface area contributed by atoms with Crippen molar-refractivity contribution >= 4 is 34.4 Å². The van der Waals surface area contributed by atoms with Gasteiger partial charge < -0.3 is 10.8 Å². The fourth-order valence-corrected chi connectivity index (χ4v) is 2.77. The molecule has 0 radical (unpaired) electrons. The van der Waals surface area contributed by atoms with E-state index in [1.165, 1.54) is 0 Å². The third-order valence-corrected chi connectivity index (χ3v) is 4.18. The van der Waals surface area contributed by atoms with Crippen molar-refractivity contribution in [2.24, 2.45) is 21.6 Å². The van der Waals surface area contributed by atoms with Gasteiger partial charge in [0.1, 0.15) is 5.84 Å². The van der Waals surface area contributed by atoms with Crippen LogP contribution in [0.4, 0.5) is 5.69 Å². The van der Waals surface area contributed by atoms with E-state index in [2.05, 4.69) is 30.1 Å². The lowest BCUT2D eigenvalue weighted by Crippen LogP contribution is -2.15. The van der Waals surface area contributed by atoms with Crippen molar-refractivity contribution in [2.45, 2.75) is 13.0 Å².